The van der Waals surface area contributed by atoms with Crippen LogP contribution in [0.5, 0.6) is 0 Å². The molecule has 196 valence electrons. The summed E-state index contributed by atoms with van der Waals surface area (Å²) in [5.74, 6) is -3.53. The SMILES string of the molecule is O=C([C@@H]1C[C@@H](O)C2(CCC2)CN1)N1CCC(c2nnn(C3CCC(F)(F)CC3)n2)(C(F)(F)F)CC1. The maximum atomic E-state index is 14.3. The molecule has 2 N–H and O–H groups in total. The Bertz CT molecular complexity index is 931. The number of hydrogen-bond donors (Lipinski definition) is 2. The Balaban J connectivity index is 1.26. The average molecular weight is 507 g/mol. The van der Waals surface area contributed by atoms with Crippen molar-refractivity contribution in [3.05, 3.63) is 5.82 Å². The molecule has 5 rings (SSSR count). The van der Waals surface area contributed by atoms with E-state index in [-0.39, 0.29) is 56.5 Å². The molecule has 0 aromatic carbocycles. The number of hydrogen-bond acceptors (Lipinski definition) is 6. The van der Waals surface area contributed by atoms with Gasteiger partial charge in [0.25, 0.3) is 0 Å². The zero-order valence-corrected chi connectivity index (χ0v) is 19.4. The number of alkyl halides is 5. The minimum absolute atomic E-state index is 0.0750. The fourth-order valence-electron chi connectivity index (χ4n) is 6.12. The maximum absolute atomic E-state index is 14.3. The molecule has 4 fully saturated rings. The van der Waals surface area contributed by atoms with E-state index in [4.69, 9.17) is 0 Å². The van der Waals surface area contributed by atoms with Gasteiger partial charge in [-0.2, -0.15) is 18.0 Å². The zero-order chi connectivity index (χ0) is 25.1. The number of carbonyl (C=O) groups excluding carboxylic acids is 1. The summed E-state index contributed by atoms with van der Waals surface area (Å²) < 4.78 is 69.9. The summed E-state index contributed by atoms with van der Waals surface area (Å²) in [5.41, 5.74) is -2.52. The molecule has 0 radical (unpaired) electrons. The lowest BCUT2D eigenvalue weighted by molar-refractivity contribution is -0.206. The number of amides is 1. The molecule has 1 aromatic rings. The van der Waals surface area contributed by atoms with Crippen molar-refractivity contribution >= 4 is 5.91 Å². The summed E-state index contributed by atoms with van der Waals surface area (Å²) in [5, 5.41) is 25.3. The van der Waals surface area contributed by atoms with E-state index in [1.54, 1.807) is 0 Å². The van der Waals surface area contributed by atoms with Crippen molar-refractivity contribution in [3.63, 3.8) is 0 Å². The fraction of sp³-hybridized carbons (Fsp3) is 0.909. The van der Waals surface area contributed by atoms with Gasteiger partial charge < -0.3 is 15.3 Å². The standard InChI is InChI=1S/C22H31F5N6O2/c23-21(24)6-2-14(3-7-21)33-30-18(29-31-33)20(22(25,26)27)8-10-32(11-9-20)17(35)15-12-16(34)19(13-28-15)4-1-5-19/h14-16,28,34H,1-13H2/t15-,16+/m0/s1. The normalized spacial score (nSPS) is 30.7. The average Bonchev–Trinajstić information content (AvgIpc) is 3.27. The van der Waals surface area contributed by atoms with Crippen LogP contribution < -0.4 is 5.32 Å². The molecule has 1 spiro atoms. The molecule has 3 heterocycles. The number of aliphatic hydroxyl groups is 1. The van der Waals surface area contributed by atoms with Gasteiger partial charge in [-0.25, -0.2) is 8.78 Å². The van der Waals surface area contributed by atoms with E-state index in [0.717, 1.165) is 24.1 Å². The Labute approximate surface area is 199 Å². The van der Waals surface area contributed by atoms with Crippen LogP contribution in [0.3, 0.4) is 0 Å². The predicted molar refractivity (Wildman–Crippen MR) is 113 cm³/mol. The van der Waals surface area contributed by atoms with E-state index in [0.29, 0.717) is 6.54 Å². The number of carbonyl (C=O) groups is 1. The van der Waals surface area contributed by atoms with Crippen molar-refractivity contribution in [3.8, 4) is 0 Å². The summed E-state index contributed by atoms with van der Waals surface area (Å²) in [6.07, 6.45) is -3.50. The van der Waals surface area contributed by atoms with Crippen molar-refractivity contribution in [2.75, 3.05) is 19.6 Å². The Morgan fingerprint density at radius 3 is 2.26 bits per heavy atom. The smallest absolute Gasteiger partial charge is 0.392 e. The Morgan fingerprint density at radius 1 is 1.06 bits per heavy atom. The molecule has 13 heteroatoms. The highest BCUT2D eigenvalue weighted by Gasteiger charge is 2.60. The molecule has 1 aromatic heterocycles. The molecule has 2 aliphatic heterocycles. The molecule has 35 heavy (non-hydrogen) atoms. The highest BCUT2D eigenvalue weighted by molar-refractivity contribution is 5.82. The molecular formula is C22H31F5N6O2. The first-order valence-corrected chi connectivity index (χ1v) is 12.4. The highest BCUT2D eigenvalue weighted by atomic mass is 19.4. The number of nitrogens with one attached hydrogen (secondary N) is 1. The minimum Gasteiger partial charge on any atom is -0.392 e. The summed E-state index contributed by atoms with van der Waals surface area (Å²) in [6, 6.07) is -1.12. The van der Waals surface area contributed by atoms with Crippen molar-refractivity contribution in [2.24, 2.45) is 5.41 Å². The van der Waals surface area contributed by atoms with Gasteiger partial charge in [-0.05, 0) is 50.2 Å². The molecule has 8 nitrogen and oxygen atoms in total. The molecule has 2 saturated carbocycles. The van der Waals surface area contributed by atoms with Crippen molar-refractivity contribution in [1.29, 1.82) is 0 Å². The van der Waals surface area contributed by atoms with E-state index in [1.165, 1.54) is 4.90 Å². The van der Waals surface area contributed by atoms with Gasteiger partial charge in [0.2, 0.25) is 11.8 Å². The molecule has 2 atom stereocenters. The first-order valence-electron chi connectivity index (χ1n) is 12.4. The van der Waals surface area contributed by atoms with Gasteiger partial charge in [0.1, 0.15) is 5.41 Å². The minimum atomic E-state index is -4.66. The van der Waals surface area contributed by atoms with E-state index in [1.807, 2.05) is 0 Å². The number of rotatable bonds is 3. The predicted octanol–water partition coefficient (Wildman–Crippen LogP) is 2.74. The lowest BCUT2D eigenvalue weighted by Gasteiger charge is -2.51. The molecule has 0 bridgehead atoms. The van der Waals surface area contributed by atoms with E-state index in [9.17, 15) is 31.9 Å². The second-order valence-electron chi connectivity index (χ2n) is 10.8. The Morgan fingerprint density at radius 2 is 1.71 bits per heavy atom. The number of nitrogens with zero attached hydrogens (tertiary/aromatic N) is 5. The van der Waals surface area contributed by atoms with Crippen LogP contribution in [-0.4, -0.2) is 80.0 Å². The zero-order valence-electron chi connectivity index (χ0n) is 19.4. The van der Waals surface area contributed by atoms with Crippen LogP contribution in [0.4, 0.5) is 22.0 Å². The lowest BCUT2D eigenvalue weighted by Crippen LogP contribution is -2.62. The number of tetrazole rings is 1. The summed E-state index contributed by atoms with van der Waals surface area (Å²) >= 11 is 0. The van der Waals surface area contributed by atoms with Crippen molar-refractivity contribution in [2.45, 2.75) is 99.9 Å². The monoisotopic (exact) mass is 506 g/mol. The van der Waals surface area contributed by atoms with Crippen molar-refractivity contribution < 1.29 is 31.9 Å². The van der Waals surface area contributed by atoms with Crippen LogP contribution in [-0.2, 0) is 10.2 Å². The second-order valence-corrected chi connectivity index (χ2v) is 10.8. The number of likely N-dealkylation sites (tertiary alicyclic amines) is 1. The van der Waals surface area contributed by atoms with Gasteiger partial charge in [-0.1, -0.05) is 6.42 Å². The van der Waals surface area contributed by atoms with Gasteiger partial charge in [0.15, 0.2) is 5.82 Å². The van der Waals surface area contributed by atoms with Gasteiger partial charge >= 0.3 is 6.18 Å². The third kappa shape index (κ3) is 4.32. The fourth-order valence-corrected chi connectivity index (χ4v) is 6.12. The first-order chi connectivity index (χ1) is 16.4. The van der Waals surface area contributed by atoms with E-state index >= 15 is 0 Å². The lowest BCUT2D eigenvalue weighted by atomic mass is 9.62. The third-order valence-electron chi connectivity index (χ3n) is 8.85. The van der Waals surface area contributed by atoms with E-state index in [2.05, 4.69) is 20.7 Å². The third-order valence-corrected chi connectivity index (χ3v) is 8.85. The molecule has 1 amide bonds. The van der Waals surface area contributed by atoms with Crippen molar-refractivity contribution in [1.82, 2.24) is 30.4 Å². The summed E-state index contributed by atoms with van der Waals surface area (Å²) in [7, 11) is 0. The van der Waals surface area contributed by atoms with Gasteiger partial charge in [0, 0.05) is 37.9 Å². The largest absolute Gasteiger partial charge is 0.401 e. The Hall–Kier alpha value is -1.89. The Kier molecular flexibility index (Phi) is 6.09. The van der Waals surface area contributed by atoms with Crippen LogP contribution in [0.15, 0.2) is 0 Å². The van der Waals surface area contributed by atoms with Crippen LogP contribution in [0, 0.1) is 5.41 Å². The van der Waals surface area contributed by atoms with E-state index < -0.39 is 54.4 Å². The molecular weight excluding hydrogens is 475 g/mol. The summed E-state index contributed by atoms with van der Waals surface area (Å²) in [4.78, 5) is 15.5. The molecule has 4 aliphatic rings. The molecule has 0 unspecified atom stereocenters. The van der Waals surface area contributed by atoms with Crippen LogP contribution >= 0.6 is 0 Å². The topological polar surface area (TPSA) is 96.2 Å². The molecule has 2 saturated heterocycles. The van der Waals surface area contributed by atoms with Crippen LogP contribution in [0.2, 0.25) is 0 Å². The molecule has 2 aliphatic carbocycles. The highest BCUT2D eigenvalue weighted by Crippen LogP contribution is 2.49. The number of aromatic nitrogens is 4. The maximum Gasteiger partial charge on any atom is 0.401 e. The van der Waals surface area contributed by atoms with Gasteiger partial charge in [-0.15, -0.1) is 10.2 Å². The van der Waals surface area contributed by atoms with Gasteiger partial charge in [-0.3, -0.25) is 4.79 Å². The quantitative estimate of drug-likeness (QED) is 0.613. The number of aliphatic hydroxyl groups excluding tert-OH is 1. The second kappa shape index (κ2) is 8.60. The van der Waals surface area contributed by atoms with Crippen LogP contribution in [0.1, 0.15) is 76.1 Å². The number of piperidine rings is 2. The summed E-state index contributed by atoms with van der Waals surface area (Å²) in [6.45, 7) is 0.287. The van der Waals surface area contributed by atoms with Crippen LogP contribution in [0.25, 0.3) is 0 Å². The number of halogens is 5. The first kappa shape index (κ1) is 24.8. The van der Waals surface area contributed by atoms with Gasteiger partial charge in [0.05, 0.1) is 18.2 Å².